The van der Waals surface area contributed by atoms with Crippen molar-refractivity contribution >= 4 is 23.2 Å². The molecule has 4 N–H and O–H groups in total. The fourth-order valence-electron chi connectivity index (χ4n) is 5.39. The van der Waals surface area contributed by atoms with Gasteiger partial charge in [0.15, 0.2) is 0 Å². The second kappa shape index (κ2) is 15.0. The molecule has 6 rings (SSSR count). The zero-order valence-corrected chi connectivity index (χ0v) is 28.1. The van der Waals surface area contributed by atoms with Gasteiger partial charge in [-0.3, -0.25) is 9.59 Å². The van der Waals surface area contributed by atoms with Crippen LogP contribution in [0, 0.1) is 23.7 Å². The van der Waals surface area contributed by atoms with E-state index in [1.807, 2.05) is 109 Å². The summed E-state index contributed by atoms with van der Waals surface area (Å²) in [6.07, 6.45) is 0. The molecule has 2 amide bonds. The van der Waals surface area contributed by atoms with E-state index in [9.17, 15) is 19.8 Å². The highest BCUT2D eigenvalue weighted by Crippen LogP contribution is 2.33. The Morgan fingerprint density at radius 2 is 0.863 bits per heavy atom. The number of rotatable bonds is 6. The van der Waals surface area contributed by atoms with Crippen molar-refractivity contribution in [1.29, 1.82) is 0 Å². The van der Waals surface area contributed by atoms with Crippen molar-refractivity contribution in [3.63, 3.8) is 0 Å². The summed E-state index contributed by atoms with van der Waals surface area (Å²) in [5.41, 5.74) is 6.09. The smallest absolute Gasteiger partial charge is 0.255 e. The summed E-state index contributed by atoms with van der Waals surface area (Å²) >= 11 is 0. The van der Waals surface area contributed by atoms with Crippen LogP contribution in [0.2, 0.25) is 0 Å². The van der Waals surface area contributed by atoms with Gasteiger partial charge in [-0.05, 0) is 96.1 Å². The van der Waals surface area contributed by atoms with Gasteiger partial charge in [0.2, 0.25) is 0 Å². The number of carbonyl (C=O) groups excluding carboxylic acids is 2. The predicted octanol–water partition coefficient (Wildman–Crippen LogP) is 8.73. The molecule has 0 fully saturated rings. The number of phenols is 2. The zero-order chi connectivity index (χ0) is 35.8. The third kappa shape index (κ3) is 8.35. The van der Waals surface area contributed by atoms with Gasteiger partial charge >= 0.3 is 0 Å². The lowest BCUT2D eigenvalue weighted by Gasteiger charge is -2.26. The Balaban J connectivity index is 1.06. The van der Waals surface area contributed by atoms with Crippen molar-refractivity contribution in [2.45, 2.75) is 19.3 Å². The maximum Gasteiger partial charge on any atom is 0.255 e. The Morgan fingerprint density at radius 1 is 0.490 bits per heavy atom. The van der Waals surface area contributed by atoms with E-state index in [1.165, 1.54) is 12.1 Å². The number of nitrogens with one attached hydrogen (secondary N) is 2. The van der Waals surface area contributed by atoms with Crippen LogP contribution in [0.5, 0.6) is 11.5 Å². The van der Waals surface area contributed by atoms with E-state index in [1.54, 1.807) is 24.3 Å². The molecule has 0 saturated heterocycles. The summed E-state index contributed by atoms with van der Waals surface area (Å²) in [5, 5.41) is 26.7. The summed E-state index contributed by atoms with van der Waals surface area (Å²) in [4.78, 5) is 25.9. The number of hydrogen-bond acceptors (Lipinski definition) is 4. The molecule has 0 bridgehead atoms. The van der Waals surface area contributed by atoms with E-state index in [0.29, 0.717) is 33.6 Å². The van der Waals surface area contributed by atoms with Crippen LogP contribution in [0.3, 0.4) is 0 Å². The fraction of sp³-hybridized carbons (Fsp3) is 0.0667. The molecule has 0 unspecified atom stereocenters. The topological polar surface area (TPSA) is 98.7 Å². The number of aromatic hydroxyl groups is 2. The van der Waals surface area contributed by atoms with Gasteiger partial charge in [-0.1, -0.05) is 98.2 Å². The summed E-state index contributed by atoms with van der Waals surface area (Å²) in [7, 11) is 0. The first kappa shape index (κ1) is 33.9. The normalized spacial score (nSPS) is 10.5. The van der Waals surface area contributed by atoms with Crippen molar-refractivity contribution in [3.8, 4) is 35.2 Å². The van der Waals surface area contributed by atoms with Crippen molar-refractivity contribution < 1.29 is 19.8 Å². The van der Waals surface area contributed by atoms with Crippen LogP contribution in [-0.2, 0) is 5.41 Å². The largest absolute Gasteiger partial charge is 0.507 e. The number of carbonyl (C=O) groups is 2. The fourth-order valence-corrected chi connectivity index (χ4v) is 5.39. The second-order valence-corrected chi connectivity index (χ2v) is 12.4. The van der Waals surface area contributed by atoms with Crippen LogP contribution in [0.25, 0.3) is 0 Å². The van der Waals surface area contributed by atoms with Gasteiger partial charge in [0, 0.05) is 39.0 Å². The number of amides is 2. The van der Waals surface area contributed by atoms with Crippen LogP contribution >= 0.6 is 0 Å². The monoisotopic (exact) mass is 666 g/mol. The molecule has 0 heterocycles. The van der Waals surface area contributed by atoms with Gasteiger partial charge in [-0.25, -0.2) is 0 Å². The molecule has 0 spiro atoms. The minimum absolute atomic E-state index is 0.0628. The minimum atomic E-state index is -0.379. The third-order valence-electron chi connectivity index (χ3n) is 8.48. The molecule has 0 saturated carbocycles. The van der Waals surface area contributed by atoms with E-state index in [2.05, 4.69) is 48.2 Å². The van der Waals surface area contributed by atoms with Crippen molar-refractivity contribution in [3.05, 3.63) is 190 Å². The van der Waals surface area contributed by atoms with E-state index in [0.717, 1.165) is 22.3 Å². The Hall–Kier alpha value is -7.02. The maximum absolute atomic E-state index is 13.0. The quantitative estimate of drug-likeness (QED) is 0.134. The first-order chi connectivity index (χ1) is 24.7. The van der Waals surface area contributed by atoms with Gasteiger partial charge in [0.05, 0.1) is 11.1 Å². The van der Waals surface area contributed by atoms with Crippen molar-refractivity contribution in [2.75, 3.05) is 10.6 Å². The maximum atomic E-state index is 13.0. The molecule has 0 aliphatic carbocycles. The lowest BCUT2D eigenvalue weighted by molar-refractivity contribution is 0.101. The number of benzene rings is 6. The van der Waals surface area contributed by atoms with Gasteiger partial charge in [-0.15, -0.1) is 0 Å². The summed E-state index contributed by atoms with van der Waals surface area (Å²) in [6.45, 7) is 4.20. The molecule has 6 aromatic rings. The lowest BCUT2D eigenvalue weighted by Crippen LogP contribution is -2.19. The Labute approximate surface area is 297 Å². The lowest BCUT2D eigenvalue weighted by atomic mass is 9.78. The van der Waals surface area contributed by atoms with Crippen LogP contribution in [0.1, 0.15) is 67.9 Å². The molecule has 0 atom stereocenters. The summed E-state index contributed by atoms with van der Waals surface area (Å²) in [5.74, 6) is 11.1. The average molecular weight is 667 g/mol. The highest BCUT2D eigenvalue weighted by Gasteiger charge is 2.23. The molecule has 0 aliphatic heterocycles. The molecule has 51 heavy (non-hydrogen) atoms. The van der Waals surface area contributed by atoms with Gasteiger partial charge in [0.1, 0.15) is 11.5 Å². The molecule has 0 radical (unpaired) electrons. The Bertz CT molecular complexity index is 2160. The second-order valence-electron chi connectivity index (χ2n) is 12.4. The molecule has 248 valence electrons. The molecule has 6 heteroatoms. The summed E-state index contributed by atoms with van der Waals surface area (Å²) in [6, 6.07) is 43.5. The van der Waals surface area contributed by atoms with E-state index < -0.39 is 0 Å². The highest BCUT2D eigenvalue weighted by molar-refractivity contribution is 6.05. The highest BCUT2D eigenvalue weighted by atomic mass is 16.3. The molecule has 0 aliphatic rings. The van der Waals surface area contributed by atoms with Gasteiger partial charge in [-0.2, -0.15) is 0 Å². The molecular formula is C45H34N2O4. The van der Waals surface area contributed by atoms with E-state index in [4.69, 9.17) is 0 Å². The average Bonchev–Trinajstić information content (AvgIpc) is 3.15. The predicted molar refractivity (Wildman–Crippen MR) is 202 cm³/mol. The van der Waals surface area contributed by atoms with E-state index in [-0.39, 0.29) is 28.7 Å². The van der Waals surface area contributed by atoms with Crippen LogP contribution < -0.4 is 10.6 Å². The van der Waals surface area contributed by atoms with Crippen LogP contribution in [0.15, 0.2) is 146 Å². The molecule has 0 aromatic heterocycles. The summed E-state index contributed by atoms with van der Waals surface area (Å²) < 4.78 is 0. The van der Waals surface area contributed by atoms with E-state index >= 15 is 0 Å². The van der Waals surface area contributed by atoms with Crippen LogP contribution in [0.4, 0.5) is 11.4 Å². The van der Waals surface area contributed by atoms with Gasteiger partial charge in [0.25, 0.3) is 11.8 Å². The van der Waals surface area contributed by atoms with Crippen molar-refractivity contribution in [1.82, 2.24) is 0 Å². The first-order valence-corrected chi connectivity index (χ1v) is 16.3. The standard InChI is InChI=1S/C45H34N2O4/c1-45(2,37-21-25-39(26-22-37)46-43(50)35-19-17-33(41(48)29-35)15-13-31-9-5-3-6-10-31)38-23-27-40(28-24-38)47-44(51)36-20-18-34(42(49)30-36)16-14-32-11-7-4-8-12-32/h3-12,17-30,48-49H,1-2H3,(H,46,50)(H,47,51). The molecule has 6 aromatic carbocycles. The first-order valence-electron chi connectivity index (χ1n) is 16.3. The number of anilines is 2. The van der Waals surface area contributed by atoms with Crippen molar-refractivity contribution in [2.24, 2.45) is 0 Å². The zero-order valence-electron chi connectivity index (χ0n) is 28.1. The van der Waals surface area contributed by atoms with Gasteiger partial charge < -0.3 is 20.8 Å². The Kier molecular flexibility index (Phi) is 9.98. The Morgan fingerprint density at radius 3 is 1.22 bits per heavy atom. The molecular weight excluding hydrogens is 633 g/mol. The van der Waals surface area contributed by atoms with Crippen LogP contribution in [-0.4, -0.2) is 22.0 Å². The minimum Gasteiger partial charge on any atom is -0.507 e. The third-order valence-corrected chi connectivity index (χ3v) is 8.48. The number of phenolic OH excluding ortho intramolecular Hbond substituents is 2. The SMILES string of the molecule is CC(C)(c1ccc(NC(=O)c2ccc(C#Cc3ccccc3)c(O)c2)cc1)c1ccc(NC(=O)c2ccc(C#Cc3ccccc3)c(O)c2)cc1. The molecule has 6 nitrogen and oxygen atoms in total. The number of hydrogen-bond donors (Lipinski definition) is 4.